The quantitative estimate of drug-likeness (QED) is 0.351. The fraction of sp³-hybridized carbons (Fsp3) is 0.667. The van der Waals surface area contributed by atoms with Gasteiger partial charge in [-0.05, 0) is 40.5 Å². The molecule has 1 fully saturated rings. The monoisotopic (exact) mass is 441 g/mol. The second kappa shape index (κ2) is 8.22. The van der Waals surface area contributed by atoms with E-state index in [1.165, 1.54) is 7.11 Å². The summed E-state index contributed by atoms with van der Waals surface area (Å²) < 4.78 is 35.8. The van der Waals surface area contributed by atoms with Gasteiger partial charge in [-0.2, -0.15) is 4.98 Å². The van der Waals surface area contributed by atoms with Crippen LogP contribution in [0.5, 0.6) is 0 Å². The van der Waals surface area contributed by atoms with E-state index in [9.17, 15) is 9.36 Å². The number of hydrogen-bond acceptors (Lipinski definition) is 10. The van der Waals surface area contributed by atoms with Crippen molar-refractivity contribution in [1.29, 1.82) is 0 Å². The van der Waals surface area contributed by atoms with E-state index in [1.54, 1.807) is 27.1 Å². The maximum atomic E-state index is 12.8. The zero-order valence-electron chi connectivity index (χ0n) is 17.9. The van der Waals surface area contributed by atoms with E-state index in [4.69, 9.17) is 24.3 Å². The molecule has 2 heterocycles. The topological polar surface area (TPSA) is 141 Å². The first-order chi connectivity index (χ1) is 14.0. The predicted octanol–water partition coefficient (Wildman–Crippen LogP) is 2.63. The molecule has 0 bridgehead atoms. The van der Waals surface area contributed by atoms with Gasteiger partial charge < -0.3 is 24.3 Å². The third kappa shape index (κ3) is 5.15. The molecule has 166 valence electrons. The Bertz CT molecular complexity index is 981. The number of anilines is 1. The van der Waals surface area contributed by atoms with Crippen LogP contribution in [0.4, 0.5) is 5.95 Å². The fourth-order valence-electron chi connectivity index (χ4n) is 2.76. The number of esters is 1. The van der Waals surface area contributed by atoms with Crippen LogP contribution in [0.1, 0.15) is 39.3 Å². The molecule has 1 unspecified atom stereocenters. The van der Waals surface area contributed by atoms with Crippen molar-refractivity contribution in [3.63, 3.8) is 0 Å². The number of carbonyl (C=O) groups is 1. The summed E-state index contributed by atoms with van der Waals surface area (Å²) in [5, 5.41) is 0. The van der Waals surface area contributed by atoms with Gasteiger partial charge in [-0.3, -0.25) is 13.9 Å². The molecule has 1 saturated carbocycles. The molecular weight excluding hydrogens is 413 g/mol. The number of imidazole rings is 1. The molecule has 12 heteroatoms. The molecule has 0 radical (unpaired) electrons. The Hall–Kier alpha value is -2.07. The highest BCUT2D eigenvalue weighted by molar-refractivity contribution is 7.53. The Morgan fingerprint density at radius 3 is 2.63 bits per heavy atom. The molecule has 11 nitrogen and oxygen atoms in total. The first-order valence-electron chi connectivity index (χ1n) is 9.52. The van der Waals surface area contributed by atoms with Crippen LogP contribution >= 0.6 is 7.60 Å². The average Bonchev–Trinajstić information content (AvgIpc) is 3.32. The zero-order valence-corrected chi connectivity index (χ0v) is 18.8. The summed E-state index contributed by atoms with van der Waals surface area (Å²) in [5.74, 6) is -0.289. The lowest BCUT2D eigenvalue weighted by atomic mass is 9.98. The van der Waals surface area contributed by atoms with Crippen LogP contribution in [0.25, 0.3) is 11.2 Å². The van der Waals surface area contributed by atoms with Crippen molar-refractivity contribution < 1.29 is 27.9 Å². The smallest absolute Gasteiger partial charge is 0.358 e. The highest BCUT2D eigenvalue weighted by Crippen LogP contribution is 2.51. The molecule has 0 amide bonds. The first kappa shape index (κ1) is 22.6. The van der Waals surface area contributed by atoms with Crippen LogP contribution in [0.3, 0.4) is 0 Å². The minimum atomic E-state index is -3.59. The summed E-state index contributed by atoms with van der Waals surface area (Å²) in [4.78, 5) is 24.5. The maximum Gasteiger partial charge on any atom is 0.358 e. The van der Waals surface area contributed by atoms with E-state index in [2.05, 4.69) is 15.0 Å². The molecule has 0 spiro atoms. The standard InChI is InChI=1S/C18H28N5O6P/c1-12-13-14(22-16(19)21-12)23(9-20-13)8-18(6-7-18)28-11-30(25,26-5)29-10-27-15(24)17(2,3)4/h9H,6-8,10-11H2,1-5H3,(H2,19,21,22). The van der Waals surface area contributed by atoms with Crippen LogP contribution in [-0.4, -0.2) is 51.3 Å². The first-order valence-corrected chi connectivity index (χ1v) is 11.3. The third-order valence-electron chi connectivity index (χ3n) is 4.78. The van der Waals surface area contributed by atoms with Crippen molar-refractivity contribution >= 4 is 30.7 Å². The van der Waals surface area contributed by atoms with Gasteiger partial charge in [-0.15, -0.1) is 0 Å². The summed E-state index contributed by atoms with van der Waals surface area (Å²) in [6, 6.07) is 0. The number of aromatic nitrogens is 4. The molecule has 0 aromatic carbocycles. The van der Waals surface area contributed by atoms with Crippen LogP contribution in [-0.2, 0) is 34.4 Å². The highest BCUT2D eigenvalue weighted by Gasteiger charge is 2.46. The lowest BCUT2D eigenvalue weighted by Crippen LogP contribution is -2.25. The predicted molar refractivity (Wildman–Crippen MR) is 109 cm³/mol. The van der Waals surface area contributed by atoms with Gasteiger partial charge in [0.1, 0.15) is 11.9 Å². The van der Waals surface area contributed by atoms with Crippen molar-refractivity contribution in [1.82, 2.24) is 19.5 Å². The lowest BCUT2D eigenvalue weighted by Gasteiger charge is -2.22. The van der Waals surface area contributed by atoms with E-state index in [1.807, 2.05) is 11.5 Å². The number of nitrogens with zero attached hydrogens (tertiary/aromatic N) is 4. The van der Waals surface area contributed by atoms with Gasteiger partial charge in [0.05, 0.1) is 29.6 Å². The number of nitrogens with two attached hydrogens (primary N) is 1. The normalized spacial score (nSPS) is 17.6. The molecule has 0 aliphatic heterocycles. The highest BCUT2D eigenvalue weighted by atomic mass is 31.2. The lowest BCUT2D eigenvalue weighted by molar-refractivity contribution is -0.160. The van der Waals surface area contributed by atoms with Crippen LogP contribution < -0.4 is 5.73 Å². The molecule has 1 atom stereocenters. The Balaban J connectivity index is 1.60. The number of aryl methyl sites for hydroxylation is 1. The third-order valence-corrected chi connectivity index (χ3v) is 6.28. The largest absolute Gasteiger partial charge is 0.438 e. The average molecular weight is 441 g/mol. The number of hydrogen-bond donors (Lipinski definition) is 1. The Morgan fingerprint density at radius 2 is 2.03 bits per heavy atom. The number of rotatable bonds is 9. The van der Waals surface area contributed by atoms with E-state index in [-0.39, 0.29) is 12.3 Å². The van der Waals surface area contributed by atoms with E-state index >= 15 is 0 Å². The molecule has 2 aromatic heterocycles. The SMILES string of the molecule is COP(=O)(COC1(Cn2cnc3c(C)nc(N)nc32)CC1)OCOC(=O)C(C)(C)C. The van der Waals surface area contributed by atoms with Crippen LogP contribution in [0, 0.1) is 12.3 Å². The number of carbonyl (C=O) groups excluding carboxylic acids is 1. The molecule has 1 aliphatic rings. The zero-order chi connectivity index (χ0) is 22.2. The number of fused-ring (bicyclic) bond motifs is 1. The maximum absolute atomic E-state index is 12.8. The second-order valence-corrected chi connectivity index (χ2v) is 10.5. The van der Waals surface area contributed by atoms with Gasteiger partial charge in [0.2, 0.25) is 12.7 Å². The van der Waals surface area contributed by atoms with Gasteiger partial charge in [0, 0.05) is 7.11 Å². The van der Waals surface area contributed by atoms with Gasteiger partial charge >= 0.3 is 13.6 Å². The molecule has 30 heavy (non-hydrogen) atoms. The molecule has 0 saturated heterocycles. The minimum Gasteiger partial charge on any atom is -0.438 e. The summed E-state index contributed by atoms with van der Waals surface area (Å²) in [6.07, 6.45) is 2.94. The number of nitrogen functional groups attached to an aromatic ring is 1. The molecule has 2 N–H and O–H groups in total. The van der Waals surface area contributed by atoms with Crippen LogP contribution in [0.15, 0.2) is 6.33 Å². The molecule has 1 aliphatic carbocycles. The van der Waals surface area contributed by atoms with E-state index in [0.717, 1.165) is 12.8 Å². The summed E-state index contributed by atoms with van der Waals surface area (Å²) in [7, 11) is -2.32. The van der Waals surface area contributed by atoms with Crippen molar-refractivity contribution in [2.45, 2.75) is 52.7 Å². The summed E-state index contributed by atoms with van der Waals surface area (Å²) in [6.45, 7) is 6.95. The van der Waals surface area contributed by atoms with Gasteiger partial charge in [0.25, 0.3) is 0 Å². The van der Waals surface area contributed by atoms with E-state index in [0.29, 0.717) is 23.4 Å². The van der Waals surface area contributed by atoms with Crippen LogP contribution in [0.2, 0.25) is 0 Å². The number of ether oxygens (including phenoxy) is 2. The fourth-order valence-corrected chi connectivity index (χ4v) is 3.69. The minimum absolute atomic E-state index is 0.176. The Morgan fingerprint density at radius 1 is 1.33 bits per heavy atom. The molecule has 2 aromatic rings. The molecular formula is C18H28N5O6P. The van der Waals surface area contributed by atoms with Gasteiger partial charge in [0.15, 0.2) is 5.65 Å². The van der Waals surface area contributed by atoms with Crippen molar-refractivity contribution in [3.8, 4) is 0 Å². The Kier molecular flexibility index (Phi) is 6.20. The van der Waals surface area contributed by atoms with Crippen molar-refractivity contribution in [2.24, 2.45) is 5.41 Å². The Labute approximate surface area is 174 Å². The molecule has 3 rings (SSSR count). The van der Waals surface area contributed by atoms with Gasteiger partial charge in [-0.25, -0.2) is 9.97 Å². The van der Waals surface area contributed by atoms with Crippen molar-refractivity contribution in [3.05, 3.63) is 12.0 Å². The second-order valence-electron chi connectivity index (χ2n) is 8.39. The van der Waals surface area contributed by atoms with Gasteiger partial charge in [-0.1, -0.05) is 0 Å². The summed E-state index contributed by atoms with van der Waals surface area (Å²) in [5.41, 5.74) is 6.54. The van der Waals surface area contributed by atoms with Crippen molar-refractivity contribution in [2.75, 3.05) is 26.0 Å². The summed E-state index contributed by atoms with van der Waals surface area (Å²) >= 11 is 0. The van der Waals surface area contributed by atoms with E-state index < -0.39 is 31.4 Å².